The summed E-state index contributed by atoms with van der Waals surface area (Å²) in [4.78, 5) is 4.15. The van der Waals surface area contributed by atoms with Crippen LogP contribution in [0.4, 0.5) is 0 Å². The van der Waals surface area contributed by atoms with Crippen LogP contribution in [0.3, 0.4) is 0 Å². The van der Waals surface area contributed by atoms with Crippen LogP contribution >= 0.6 is 0 Å². The number of hydrogen-bond acceptors (Lipinski definition) is 2. The molecule has 0 unspecified atom stereocenters. The number of aliphatic imine (C=N–C) groups is 1. The Morgan fingerprint density at radius 2 is 2.00 bits per heavy atom. The molecule has 1 aromatic rings. The average molecular weight is 227 g/mol. The molecule has 1 heterocycles. The van der Waals surface area contributed by atoms with Gasteiger partial charge in [-0.05, 0) is 24.1 Å². The van der Waals surface area contributed by atoms with Gasteiger partial charge in [-0.1, -0.05) is 42.0 Å². The zero-order chi connectivity index (χ0) is 11.9. The minimum Gasteiger partial charge on any atom is -0.372 e. The van der Waals surface area contributed by atoms with Crippen molar-refractivity contribution in [3.63, 3.8) is 0 Å². The summed E-state index contributed by atoms with van der Waals surface area (Å²) in [6, 6.07) is 8.43. The number of benzene rings is 1. The number of hydrogen-bond donors (Lipinski definition) is 0. The molecule has 0 aromatic heterocycles. The van der Waals surface area contributed by atoms with E-state index in [2.05, 4.69) is 42.3 Å². The van der Waals surface area contributed by atoms with Crippen LogP contribution in [0.1, 0.15) is 11.1 Å². The van der Waals surface area contributed by atoms with Crippen molar-refractivity contribution in [3.8, 4) is 0 Å². The Morgan fingerprint density at radius 3 is 2.82 bits per heavy atom. The summed E-state index contributed by atoms with van der Waals surface area (Å²) in [6.45, 7) is 4.14. The monoisotopic (exact) mass is 227 g/mol. The molecular formula is C15H17NO. The third-order valence-corrected chi connectivity index (χ3v) is 2.59. The van der Waals surface area contributed by atoms with Gasteiger partial charge in [0.1, 0.15) is 0 Å². The Labute approximate surface area is 102 Å². The number of aryl methyl sites for hydroxylation is 1. The number of nitrogens with zero attached hydrogens (tertiary/aromatic N) is 1. The van der Waals surface area contributed by atoms with Crippen molar-refractivity contribution in [1.29, 1.82) is 0 Å². The first kappa shape index (κ1) is 11.8. The summed E-state index contributed by atoms with van der Waals surface area (Å²) >= 11 is 0. The predicted molar refractivity (Wildman–Crippen MR) is 71.4 cm³/mol. The quantitative estimate of drug-likeness (QED) is 0.774. The second-order valence-electron chi connectivity index (χ2n) is 4.14. The van der Waals surface area contributed by atoms with Gasteiger partial charge < -0.3 is 4.74 Å². The van der Waals surface area contributed by atoms with Crippen molar-refractivity contribution in [3.05, 3.63) is 59.2 Å². The number of rotatable bonds is 4. The van der Waals surface area contributed by atoms with Crippen LogP contribution in [0, 0.1) is 6.92 Å². The fraction of sp³-hybridized carbons (Fsp3) is 0.267. The highest BCUT2D eigenvalue weighted by atomic mass is 16.5. The van der Waals surface area contributed by atoms with E-state index in [4.69, 9.17) is 4.74 Å². The molecule has 2 nitrogen and oxygen atoms in total. The van der Waals surface area contributed by atoms with E-state index in [1.54, 1.807) is 0 Å². The smallest absolute Gasteiger partial charge is 0.0721 e. The lowest BCUT2D eigenvalue weighted by Gasteiger charge is -2.05. The summed E-state index contributed by atoms with van der Waals surface area (Å²) in [5.74, 6) is 0. The molecule has 2 heteroatoms. The van der Waals surface area contributed by atoms with Crippen LogP contribution < -0.4 is 0 Å². The van der Waals surface area contributed by atoms with Crippen molar-refractivity contribution in [2.75, 3.05) is 13.2 Å². The molecule has 1 aliphatic rings. The van der Waals surface area contributed by atoms with Gasteiger partial charge in [0.05, 0.1) is 19.8 Å². The summed E-state index contributed by atoms with van der Waals surface area (Å²) in [5.41, 5.74) is 3.65. The lowest BCUT2D eigenvalue weighted by Crippen LogP contribution is -1.97. The second-order valence-corrected chi connectivity index (χ2v) is 4.14. The maximum Gasteiger partial charge on any atom is 0.0721 e. The summed E-state index contributed by atoms with van der Waals surface area (Å²) in [5, 5.41) is 0. The fourth-order valence-electron chi connectivity index (χ4n) is 1.60. The van der Waals surface area contributed by atoms with Crippen LogP contribution in [0.15, 0.2) is 53.1 Å². The lowest BCUT2D eigenvalue weighted by molar-refractivity contribution is 0.144. The predicted octanol–water partition coefficient (Wildman–Crippen LogP) is 3.08. The zero-order valence-corrected chi connectivity index (χ0v) is 10.1. The van der Waals surface area contributed by atoms with Gasteiger partial charge in [-0.15, -0.1) is 0 Å². The average Bonchev–Trinajstić information content (AvgIpc) is 2.60. The molecule has 0 amide bonds. The van der Waals surface area contributed by atoms with Gasteiger partial charge in [-0.3, -0.25) is 4.99 Å². The Balaban J connectivity index is 1.81. The zero-order valence-electron chi connectivity index (χ0n) is 10.1. The number of ether oxygens (including phenoxy) is 1. The minimum absolute atomic E-state index is 0.635. The Kier molecular flexibility index (Phi) is 4.28. The molecular weight excluding hydrogens is 210 g/mol. The largest absolute Gasteiger partial charge is 0.372 e. The van der Waals surface area contributed by atoms with Gasteiger partial charge in [0, 0.05) is 6.21 Å². The highest BCUT2D eigenvalue weighted by Crippen LogP contribution is 2.06. The molecule has 0 bridgehead atoms. The first-order valence-corrected chi connectivity index (χ1v) is 5.83. The Hall–Kier alpha value is -1.67. The lowest BCUT2D eigenvalue weighted by atomic mass is 10.2. The van der Waals surface area contributed by atoms with E-state index in [0.717, 1.165) is 6.54 Å². The fourth-order valence-corrected chi connectivity index (χ4v) is 1.60. The van der Waals surface area contributed by atoms with Crippen LogP contribution in [-0.2, 0) is 11.3 Å². The molecule has 0 saturated carbocycles. The molecule has 0 aliphatic carbocycles. The van der Waals surface area contributed by atoms with Crippen LogP contribution in [0.2, 0.25) is 0 Å². The maximum atomic E-state index is 5.67. The van der Waals surface area contributed by atoms with Gasteiger partial charge in [0.25, 0.3) is 0 Å². The second kappa shape index (κ2) is 6.16. The normalized spacial score (nSPS) is 14.5. The van der Waals surface area contributed by atoms with Crippen molar-refractivity contribution in [2.24, 2.45) is 4.99 Å². The maximum absolute atomic E-state index is 5.67. The molecule has 0 radical (unpaired) electrons. The standard InChI is InChI=1S/C15H17NO/c1-13-4-6-15(7-5-13)12-17-11-14-3-2-9-16-10-8-14/h2-8,10H,9,11-12H2,1H3. The SMILES string of the molecule is Cc1ccc(COCC2=CC=NCC=C2)cc1. The molecule has 0 spiro atoms. The van der Waals surface area contributed by atoms with E-state index in [1.165, 1.54) is 16.7 Å². The molecule has 0 N–H and O–H groups in total. The third-order valence-electron chi connectivity index (χ3n) is 2.59. The summed E-state index contributed by atoms with van der Waals surface area (Å²) in [6.07, 6.45) is 7.95. The highest BCUT2D eigenvalue weighted by molar-refractivity contribution is 5.73. The summed E-state index contributed by atoms with van der Waals surface area (Å²) < 4.78 is 5.67. The molecule has 88 valence electrons. The molecule has 0 saturated heterocycles. The Morgan fingerprint density at radius 1 is 1.18 bits per heavy atom. The number of allylic oxidation sites excluding steroid dienone is 1. The van der Waals surface area contributed by atoms with Crippen LogP contribution in [0.5, 0.6) is 0 Å². The van der Waals surface area contributed by atoms with E-state index in [1.807, 2.05) is 18.4 Å². The van der Waals surface area contributed by atoms with E-state index >= 15 is 0 Å². The minimum atomic E-state index is 0.635. The van der Waals surface area contributed by atoms with E-state index in [0.29, 0.717) is 13.2 Å². The first-order valence-electron chi connectivity index (χ1n) is 5.83. The van der Waals surface area contributed by atoms with Gasteiger partial charge in [0.2, 0.25) is 0 Å². The van der Waals surface area contributed by atoms with Crippen molar-refractivity contribution >= 4 is 6.21 Å². The molecule has 0 fully saturated rings. The van der Waals surface area contributed by atoms with E-state index in [-0.39, 0.29) is 0 Å². The van der Waals surface area contributed by atoms with E-state index < -0.39 is 0 Å². The molecule has 1 aliphatic heterocycles. The van der Waals surface area contributed by atoms with Gasteiger partial charge in [0.15, 0.2) is 0 Å². The van der Waals surface area contributed by atoms with Gasteiger partial charge in [-0.2, -0.15) is 0 Å². The molecule has 17 heavy (non-hydrogen) atoms. The van der Waals surface area contributed by atoms with Crippen molar-refractivity contribution < 1.29 is 4.74 Å². The molecule has 0 atom stereocenters. The van der Waals surface area contributed by atoms with Crippen molar-refractivity contribution in [2.45, 2.75) is 13.5 Å². The van der Waals surface area contributed by atoms with Gasteiger partial charge in [-0.25, -0.2) is 0 Å². The summed E-state index contributed by atoms with van der Waals surface area (Å²) in [7, 11) is 0. The van der Waals surface area contributed by atoms with Crippen LogP contribution in [0.25, 0.3) is 0 Å². The van der Waals surface area contributed by atoms with E-state index in [9.17, 15) is 0 Å². The molecule has 1 aromatic carbocycles. The molecule has 2 rings (SSSR count). The third kappa shape index (κ3) is 4.00. The Bertz CT molecular complexity index is 440. The highest BCUT2D eigenvalue weighted by Gasteiger charge is 1.96. The van der Waals surface area contributed by atoms with Crippen molar-refractivity contribution in [1.82, 2.24) is 0 Å². The topological polar surface area (TPSA) is 21.6 Å². The first-order chi connectivity index (χ1) is 8.34. The van der Waals surface area contributed by atoms with Gasteiger partial charge >= 0.3 is 0 Å². The van der Waals surface area contributed by atoms with Crippen LogP contribution in [-0.4, -0.2) is 19.4 Å².